The third-order valence-corrected chi connectivity index (χ3v) is 1.69. The summed E-state index contributed by atoms with van der Waals surface area (Å²) in [6, 6.07) is 1.70. The molecule has 0 radical (unpaired) electrons. The van der Waals surface area contributed by atoms with Crippen molar-refractivity contribution in [3.63, 3.8) is 0 Å². The van der Waals surface area contributed by atoms with Crippen molar-refractivity contribution in [3.8, 4) is 0 Å². The lowest BCUT2D eigenvalue weighted by Gasteiger charge is -1.94. The molecule has 6 nitrogen and oxygen atoms in total. The van der Waals surface area contributed by atoms with Crippen LogP contribution in [0, 0.1) is 0 Å². The number of hydrogen-bond donors (Lipinski definition) is 1. The Kier molecular flexibility index (Phi) is 2.02. The van der Waals surface area contributed by atoms with Gasteiger partial charge >= 0.3 is 5.97 Å². The van der Waals surface area contributed by atoms with Crippen molar-refractivity contribution >= 4 is 5.97 Å². The molecule has 0 aromatic carbocycles. The summed E-state index contributed by atoms with van der Waals surface area (Å²) in [7, 11) is 0. The van der Waals surface area contributed by atoms with Gasteiger partial charge in [0.2, 0.25) is 0 Å². The smallest absolute Gasteiger partial charge is 0.338 e. The maximum absolute atomic E-state index is 10.5. The molecule has 14 heavy (non-hydrogen) atoms. The third kappa shape index (κ3) is 1.63. The van der Waals surface area contributed by atoms with Crippen molar-refractivity contribution in [2.24, 2.45) is 0 Å². The van der Waals surface area contributed by atoms with Crippen LogP contribution in [0.1, 0.15) is 16.1 Å². The number of carboxylic acids is 1. The Bertz CT molecular complexity index is 432. The van der Waals surface area contributed by atoms with Crippen LogP contribution in [0.5, 0.6) is 0 Å². The number of aromatic nitrogens is 3. The van der Waals surface area contributed by atoms with Crippen LogP contribution in [0.15, 0.2) is 29.2 Å². The van der Waals surface area contributed by atoms with E-state index in [1.807, 2.05) is 0 Å². The molecular formula is C8H7N3O3. The summed E-state index contributed by atoms with van der Waals surface area (Å²) < 4.78 is 6.33. The Labute approximate surface area is 78.7 Å². The molecule has 0 aliphatic carbocycles. The Hall–Kier alpha value is -2.11. The zero-order valence-corrected chi connectivity index (χ0v) is 7.12. The van der Waals surface area contributed by atoms with Crippen LogP contribution >= 0.6 is 0 Å². The summed E-state index contributed by atoms with van der Waals surface area (Å²) in [6.07, 6.45) is 4.25. The Morgan fingerprint density at radius 1 is 1.64 bits per heavy atom. The molecule has 0 amide bonds. The average Bonchev–Trinajstić information content (AvgIpc) is 2.75. The molecule has 0 aliphatic heterocycles. The van der Waals surface area contributed by atoms with Crippen LogP contribution in [-0.4, -0.2) is 26.0 Å². The fraction of sp³-hybridized carbons (Fsp3) is 0.125. The molecule has 2 aromatic heterocycles. The predicted octanol–water partition coefficient (Wildman–Crippen LogP) is 0.618. The third-order valence-electron chi connectivity index (χ3n) is 1.69. The molecule has 0 fully saturated rings. The van der Waals surface area contributed by atoms with Gasteiger partial charge in [-0.3, -0.25) is 4.68 Å². The number of hydrogen-bond acceptors (Lipinski definition) is 4. The van der Waals surface area contributed by atoms with E-state index in [4.69, 9.17) is 9.63 Å². The molecule has 2 heterocycles. The molecule has 0 spiro atoms. The minimum Gasteiger partial charge on any atom is -0.478 e. The van der Waals surface area contributed by atoms with Crippen LogP contribution in [0.3, 0.4) is 0 Å². The first-order valence-electron chi connectivity index (χ1n) is 3.91. The Balaban J connectivity index is 2.14. The van der Waals surface area contributed by atoms with Crippen molar-refractivity contribution in [2.75, 3.05) is 0 Å². The van der Waals surface area contributed by atoms with Crippen molar-refractivity contribution < 1.29 is 14.4 Å². The SMILES string of the molecule is O=C(O)c1cnn(Cc2ccno2)c1. The fourth-order valence-corrected chi connectivity index (χ4v) is 1.04. The highest BCUT2D eigenvalue weighted by molar-refractivity contribution is 5.86. The number of aromatic carboxylic acids is 1. The van der Waals surface area contributed by atoms with Gasteiger partial charge in [0.15, 0.2) is 5.76 Å². The molecule has 0 unspecified atom stereocenters. The van der Waals surface area contributed by atoms with E-state index in [1.54, 1.807) is 6.07 Å². The van der Waals surface area contributed by atoms with Gasteiger partial charge in [-0.05, 0) is 0 Å². The monoisotopic (exact) mass is 193 g/mol. The van der Waals surface area contributed by atoms with E-state index >= 15 is 0 Å². The Morgan fingerprint density at radius 2 is 2.50 bits per heavy atom. The van der Waals surface area contributed by atoms with Gasteiger partial charge in [-0.15, -0.1) is 0 Å². The van der Waals surface area contributed by atoms with E-state index in [2.05, 4.69) is 10.3 Å². The zero-order valence-electron chi connectivity index (χ0n) is 7.12. The first-order valence-corrected chi connectivity index (χ1v) is 3.91. The van der Waals surface area contributed by atoms with E-state index in [0.717, 1.165) is 0 Å². The zero-order chi connectivity index (χ0) is 9.97. The van der Waals surface area contributed by atoms with Crippen molar-refractivity contribution in [2.45, 2.75) is 6.54 Å². The lowest BCUT2D eigenvalue weighted by atomic mass is 10.4. The minimum atomic E-state index is -0.992. The van der Waals surface area contributed by atoms with Gasteiger partial charge < -0.3 is 9.63 Å². The largest absolute Gasteiger partial charge is 0.478 e. The first kappa shape index (κ1) is 8.49. The summed E-state index contributed by atoms with van der Waals surface area (Å²) in [4.78, 5) is 10.5. The van der Waals surface area contributed by atoms with Crippen molar-refractivity contribution in [3.05, 3.63) is 36.0 Å². The summed E-state index contributed by atoms with van der Waals surface area (Å²) in [5.74, 6) is -0.362. The predicted molar refractivity (Wildman–Crippen MR) is 44.8 cm³/mol. The highest BCUT2D eigenvalue weighted by Gasteiger charge is 2.06. The number of carboxylic acid groups (broad SMARTS) is 1. The average molecular weight is 193 g/mol. The van der Waals surface area contributed by atoms with E-state index in [9.17, 15) is 4.79 Å². The summed E-state index contributed by atoms with van der Waals surface area (Å²) in [6.45, 7) is 0.382. The second kappa shape index (κ2) is 3.33. The highest BCUT2D eigenvalue weighted by atomic mass is 16.5. The molecule has 2 rings (SSSR count). The van der Waals surface area contributed by atoms with Crippen molar-refractivity contribution in [1.29, 1.82) is 0 Å². The normalized spacial score (nSPS) is 10.3. The van der Waals surface area contributed by atoms with E-state index in [1.165, 1.54) is 23.3 Å². The number of nitrogens with zero attached hydrogens (tertiary/aromatic N) is 3. The molecule has 0 saturated carbocycles. The maximum Gasteiger partial charge on any atom is 0.338 e. The van der Waals surface area contributed by atoms with Gasteiger partial charge in [0, 0.05) is 12.3 Å². The molecule has 2 aromatic rings. The second-order valence-corrected chi connectivity index (χ2v) is 2.71. The molecule has 72 valence electrons. The molecule has 0 aliphatic rings. The van der Waals surface area contributed by atoms with E-state index < -0.39 is 5.97 Å². The molecule has 0 saturated heterocycles. The molecule has 0 atom stereocenters. The number of carbonyl (C=O) groups is 1. The summed E-state index contributed by atoms with van der Waals surface area (Å²) in [5.41, 5.74) is 0.157. The minimum absolute atomic E-state index is 0.157. The van der Waals surface area contributed by atoms with Gasteiger partial charge in [-0.1, -0.05) is 5.16 Å². The van der Waals surface area contributed by atoms with Gasteiger partial charge in [0.05, 0.1) is 18.0 Å². The molecule has 6 heteroatoms. The van der Waals surface area contributed by atoms with Crippen LogP contribution in [0.2, 0.25) is 0 Å². The topological polar surface area (TPSA) is 81.1 Å². The fourth-order valence-electron chi connectivity index (χ4n) is 1.04. The van der Waals surface area contributed by atoms with Gasteiger partial charge in [-0.2, -0.15) is 5.10 Å². The lowest BCUT2D eigenvalue weighted by Crippen LogP contribution is -1.99. The van der Waals surface area contributed by atoms with Gasteiger partial charge in [0.25, 0.3) is 0 Å². The van der Waals surface area contributed by atoms with Crippen LogP contribution in [0.4, 0.5) is 0 Å². The standard InChI is InChI=1S/C8H7N3O3/c12-8(13)6-3-9-11(4-6)5-7-1-2-10-14-7/h1-4H,5H2,(H,12,13). The van der Waals surface area contributed by atoms with Gasteiger partial charge in [-0.25, -0.2) is 4.79 Å². The quantitative estimate of drug-likeness (QED) is 0.772. The van der Waals surface area contributed by atoms with Gasteiger partial charge in [0.1, 0.15) is 6.54 Å². The van der Waals surface area contributed by atoms with Crippen LogP contribution in [0.25, 0.3) is 0 Å². The first-order chi connectivity index (χ1) is 6.75. The number of rotatable bonds is 3. The van der Waals surface area contributed by atoms with Crippen molar-refractivity contribution in [1.82, 2.24) is 14.9 Å². The van der Waals surface area contributed by atoms with Crippen LogP contribution < -0.4 is 0 Å². The van der Waals surface area contributed by atoms with E-state index in [-0.39, 0.29) is 5.56 Å². The van der Waals surface area contributed by atoms with Crippen LogP contribution in [-0.2, 0) is 6.54 Å². The second-order valence-electron chi connectivity index (χ2n) is 2.71. The lowest BCUT2D eigenvalue weighted by molar-refractivity contribution is 0.0696. The Morgan fingerprint density at radius 3 is 3.07 bits per heavy atom. The maximum atomic E-state index is 10.5. The molecule has 0 bridgehead atoms. The molecule has 1 N–H and O–H groups in total. The highest BCUT2D eigenvalue weighted by Crippen LogP contribution is 2.02. The summed E-state index contributed by atoms with van der Waals surface area (Å²) in [5, 5.41) is 16.0. The van der Waals surface area contributed by atoms with E-state index in [0.29, 0.717) is 12.3 Å². The molecular weight excluding hydrogens is 186 g/mol. The summed E-state index contributed by atoms with van der Waals surface area (Å²) >= 11 is 0.